The summed E-state index contributed by atoms with van der Waals surface area (Å²) in [5.74, 6) is 0.369. The lowest BCUT2D eigenvalue weighted by Crippen LogP contribution is -2.36. The first kappa shape index (κ1) is 13.5. The molecule has 1 heterocycles. The first-order chi connectivity index (χ1) is 7.75. The molecule has 0 bridgehead atoms. The molecule has 0 spiro atoms. The second-order valence-electron chi connectivity index (χ2n) is 4.78. The molecule has 3 heteroatoms. The van der Waals surface area contributed by atoms with Crippen molar-refractivity contribution in [2.75, 3.05) is 13.2 Å². The normalized spacial score (nSPS) is 24.6. The summed E-state index contributed by atoms with van der Waals surface area (Å²) in [5, 5.41) is 3.19. The maximum Gasteiger partial charge on any atom is 0.323 e. The van der Waals surface area contributed by atoms with Crippen molar-refractivity contribution in [3.05, 3.63) is 0 Å². The number of esters is 1. The van der Waals surface area contributed by atoms with Crippen molar-refractivity contribution >= 4 is 5.97 Å². The van der Waals surface area contributed by atoms with Gasteiger partial charge in [-0.15, -0.1) is 0 Å². The van der Waals surface area contributed by atoms with E-state index < -0.39 is 0 Å². The van der Waals surface area contributed by atoms with Gasteiger partial charge in [0.15, 0.2) is 0 Å². The summed E-state index contributed by atoms with van der Waals surface area (Å²) in [6.45, 7) is 5.84. The van der Waals surface area contributed by atoms with E-state index in [0.717, 1.165) is 19.4 Å². The van der Waals surface area contributed by atoms with Gasteiger partial charge < -0.3 is 10.1 Å². The van der Waals surface area contributed by atoms with E-state index in [1.807, 2.05) is 0 Å². The lowest BCUT2D eigenvalue weighted by Gasteiger charge is -2.14. The van der Waals surface area contributed by atoms with E-state index in [2.05, 4.69) is 19.2 Å². The Kier molecular flexibility index (Phi) is 6.46. The number of hydrogen-bond acceptors (Lipinski definition) is 3. The maximum absolute atomic E-state index is 11.7. The molecule has 0 amide bonds. The third kappa shape index (κ3) is 4.52. The predicted molar refractivity (Wildman–Crippen MR) is 65.3 cm³/mol. The van der Waals surface area contributed by atoms with Crippen LogP contribution < -0.4 is 5.32 Å². The van der Waals surface area contributed by atoms with Crippen molar-refractivity contribution in [1.29, 1.82) is 0 Å². The highest BCUT2D eigenvalue weighted by molar-refractivity contribution is 5.76. The van der Waals surface area contributed by atoms with Gasteiger partial charge in [0.05, 0.1) is 6.61 Å². The fraction of sp³-hybridized carbons (Fsp3) is 0.923. The average Bonchev–Trinajstić information content (AvgIpc) is 2.69. The Labute approximate surface area is 98.9 Å². The summed E-state index contributed by atoms with van der Waals surface area (Å²) < 4.78 is 5.28. The van der Waals surface area contributed by atoms with Crippen LogP contribution in [0.5, 0.6) is 0 Å². The molecule has 1 aliphatic rings. The van der Waals surface area contributed by atoms with E-state index >= 15 is 0 Å². The molecule has 1 N–H and O–H groups in total. The summed E-state index contributed by atoms with van der Waals surface area (Å²) in [4.78, 5) is 11.7. The molecule has 1 saturated heterocycles. The van der Waals surface area contributed by atoms with Gasteiger partial charge in [0.1, 0.15) is 6.04 Å². The highest BCUT2D eigenvalue weighted by Crippen LogP contribution is 2.15. The molecule has 2 unspecified atom stereocenters. The second-order valence-corrected chi connectivity index (χ2v) is 4.78. The molecular weight excluding hydrogens is 202 g/mol. The Morgan fingerprint density at radius 2 is 2.06 bits per heavy atom. The smallest absolute Gasteiger partial charge is 0.323 e. The van der Waals surface area contributed by atoms with Crippen LogP contribution in [0.3, 0.4) is 0 Å². The molecule has 1 fully saturated rings. The molecule has 0 saturated carbocycles. The van der Waals surface area contributed by atoms with Gasteiger partial charge in [0.2, 0.25) is 0 Å². The number of nitrogens with one attached hydrogen (secondary N) is 1. The molecule has 0 aromatic rings. The number of carbonyl (C=O) groups excluding carboxylic acids is 1. The van der Waals surface area contributed by atoms with E-state index in [0.29, 0.717) is 12.5 Å². The number of unbranched alkanes of at least 4 members (excludes halogenated alkanes) is 4. The van der Waals surface area contributed by atoms with Crippen LogP contribution in [-0.4, -0.2) is 25.2 Å². The highest BCUT2D eigenvalue weighted by atomic mass is 16.5. The number of rotatable bonds is 7. The third-order valence-electron chi connectivity index (χ3n) is 3.28. The van der Waals surface area contributed by atoms with E-state index in [9.17, 15) is 4.79 Å². The van der Waals surface area contributed by atoms with E-state index in [-0.39, 0.29) is 12.0 Å². The molecule has 0 aromatic carbocycles. The van der Waals surface area contributed by atoms with E-state index in [4.69, 9.17) is 4.74 Å². The Morgan fingerprint density at radius 1 is 1.31 bits per heavy atom. The lowest BCUT2D eigenvalue weighted by atomic mass is 10.0. The van der Waals surface area contributed by atoms with Crippen LogP contribution >= 0.6 is 0 Å². The number of carbonyl (C=O) groups is 1. The fourth-order valence-electron chi connectivity index (χ4n) is 2.12. The Bertz CT molecular complexity index is 206. The van der Waals surface area contributed by atoms with Gasteiger partial charge in [-0.2, -0.15) is 0 Å². The Hall–Kier alpha value is -0.570. The average molecular weight is 227 g/mol. The van der Waals surface area contributed by atoms with Crippen LogP contribution in [0.2, 0.25) is 0 Å². The minimum atomic E-state index is -0.0596. The lowest BCUT2D eigenvalue weighted by molar-refractivity contribution is -0.146. The topological polar surface area (TPSA) is 38.3 Å². The largest absolute Gasteiger partial charge is 0.465 e. The van der Waals surface area contributed by atoms with Gasteiger partial charge in [-0.1, -0.05) is 39.5 Å². The van der Waals surface area contributed by atoms with Crippen molar-refractivity contribution in [2.45, 2.75) is 58.4 Å². The van der Waals surface area contributed by atoms with Crippen LogP contribution in [-0.2, 0) is 9.53 Å². The van der Waals surface area contributed by atoms with Crippen LogP contribution in [0.15, 0.2) is 0 Å². The van der Waals surface area contributed by atoms with Gasteiger partial charge in [-0.25, -0.2) is 0 Å². The maximum atomic E-state index is 11.7. The monoisotopic (exact) mass is 227 g/mol. The zero-order valence-electron chi connectivity index (χ0n) is 10.6. The van der Waals surface area contributed by atoms with Gasteiger partial charge in [0.25, 0.3) is 0 Å². The van der Waals surface area contributed by atoms with Crippen LogP contribution in [0.1, 0.15) is 52.4 Å². The summed E-state index contributed by atoms with van der Waals surface area (Å²) in [6.07, 6.45) is 7.06. The molecule has 94 valence electrons. The van der Waals surface area contributed by atoms with Gasteiger partial charge in [-0.05, 0) is 25.3 Å². The molecule has 0 radical (unpaired) electrons. The molecule has 0 aliphatic carbocycles. The van der Waals surface area contributed by atoms with Crippen molar-refractivity contribution < 1.29 is 9.53 Å². The zero-order valence-corrected chi connectivity index (χ0v) is 10.6. The Balaban J connectivity index is 2.02. The van der Waals surface area contributed by atoms with Gasteiger partial charge in [0, 0.05) is 0 Å². The number of ether oxygens (including phenoxy) is 1. The molecular formula is C13H25NO2. The van der Waals surface area contributed by atoms with Crippen molar-refractivity contribution in [3.63, 3.8) is 0 Å². The predicted octanol–water partition coefficient (Wildman–Crippen LogP) is 2.50. The van der Waals surface area contributed by atoms with Crippen molar-refractivity contribution in [3.8, 4) is 0 Å². The summed E-state index contributed by atoms with van der Waals surface area (Å²) in [6, 6.07) is -0.0596. The van der Waals surface area contributed by atoms with Crippen molar-refractivity contribution in [2.24, 2.45) is 5.92 Å². The minimum absolute atomic E-state index is 0.0551. The standard InChI is InChI=1S/C13H25NO2/c1-3-4-5-6-7-10-16-13(15)12-11(2)8-9-14-12/h11-12,14H,3-10H2,1-2H3. The summed E-state index contributed by atoms with van der Waals surface area (Å²) in [7, 11) is 0. The quantitative estimate of drug-likeness (QED) is 0.536. The highest BCUT2D eigenvalue weighted by Gasteiger charge is 2.30. The van der Waals surface area contributed by atoms with Crippen LogP contribution in [0.25, 0.3) is 0 Å². The number of hydrogen-bond donors (Lipinski definition) is 1. The molecule has 0 aromatic heterocycles. The summed E-state index contributed by atoms with van der Waals surface area (Å²) in [5.41, 5.74) is 0. The fourth-order valence-corrected chi connectivity index (χ4v) is 2.12. The zero-order chi connectivity index (χ0) is 11.8. The molecule has 1 aliphatic heterocycles. The van der Waals surface area contributed by atoms with E-state index in [1.54, 1.807) is 0 Å². The molecule has 1 rings (SSSR count). The first-order valence-corrected chi connectivity index (χ1v) is 6.65. The van der Waals surface area contributed by atoms with Gasteiger partial charge in [-0.3, -0.25) is 4.79 Å². The van der Waals surface area contributed by atoms with Gasteiger partial charge >= 0.3 is 5.97 Å². The van der Waals surface area contributed by atoms with Crippen LogP contribution in [0.4, 0.5) is 0 Å². The minimum Gasteiger partial charge on any atom is -0.465 e. The van der Waals surface area contributed by atoms with Crippen LogP contribution in [0, 0.1) is 5.92 Å². The van der Waals surface area contributed by atoms with E-state index in [1.165, 1.54) is 25.7 Å². The molecule has 2 atom stereocenters. The van der Waals surface area contributed by atoms with Crippen molar-refractivity contribution in [1.82, 2.24) is 5.32 Å². The first-order valence-electron chi connectivity index (χ1n) is 6.65. The summed E-state index contributed by atoms with van der Waals surface area (Å²) >= 11 is 0. The molecule has 3 nitrogen and oxygen atoms in total. The molecule has 16 heavy (non-hydrogen) atoms. The third-order valence-corrected chi connectivity index (χ3v) is 3.28. The SMILES string of the molecule is CCCCCCCOC(=O)C1NCCC1C. The second kappa shape index (κ2) is 7.66. The Morgan fingerprint density at radius 3 is 2.69 bits per heavy atom.